The van der Waals surface area contributed by atoms with Crippen LogP contribution in [0.15, 0.2) is 45.9 Å². The number of hydrogen-bond acceptors (Lipinski definition) is 2. The van der Waals surface area contributed by atoms with Crippen molar-refractivity contribution in [1.82, 2.24) is 0 Å². The van der Waals surface area contributed by atoms with E-state index >= 15 is 0 Å². The summed E-state index contributed by atoms with van der Waals surface area (Å²) in [5.41, 5.74) is 2.96. The molecule has 0 heterocycles. The smallest absolute Gasteiger partial charge is 0.420 e. The van der Waals surface area contributed by atoms with Crippen molar-refractivity contribution < 1.29 is 31.4 Å². The van der Waals surface area contributed by atoms with Crippen LogP contribution in [-0.4, -0.2) is 11.1 Å². The largest absolute Gasteiger partial charge is 0.507 e. The number of alkyl halides is 6. The molecule has 140 valence electrons. The van der Waals surface area contributed by atoms with E-state index in [9.17, 15) is 31.4 Å². The van der Waals surface area contributed by atoms with Gasteiger partial charge < -0.3 is 16.2 Å². The van der Waals surface area contributed by atoms with E-state index in [0.717, 1.165) is 24.3 Å². The van der Waals surface area contributed by atoms with Crippen LogP contribution in [0.3, 0.4) is 0 Å². The van der Waals surface area contributed by atoms with Crippen molar-refractivity contribution in [2.24, 2.45) is 10.7 Å². The van der Waals surface area contributed by atoms with Crippen molar-refractivity contribution >= 4 is 33.3 Å². The standard InChI is InChI=1S/C15H10BrF6N3O/c16-11-3-1-7(5-9(11)14(17,18)19)24-13(23)25-8-2-4-12(26)10(6-8)15(20,21)22/h1-6,26H,(H3,23,24,25). The number of phenols is 1. The number of nitrogens with one attached hydrogen (secondary N) is 1. The van der Waals surface area contributed by atoms with Crippen LogP contribution >= 0.6 is 15.9 Å². The van der Waals surface area contributed by atoms with Crippen molar-refractivity contribution in [3.8, 4) is 5.75 Å². The highest BCUT2D eigenvalue weighted by Gasteiger charge is 2.34. The van der Waals surface area contributed by atoms with Crippen LogP contribution in [0.5, 0.6) is 5.75 Å². The Morgan fingerprint density at radius 1 is 0.962 bits per heavy atom. The minimum atomic E-state index is -4.79. The number of guanidine groups is 1. The van der Waals surface area contributed by atoms with Crippen molar-refractivity contribution in [2.45, 2.75) is 12.4 Å². The van der Waals surface area contributed by atoms with Gasteiger partial charge in [0.1, 0.15) is 5.75 Å². The molecule has 0 radical (unpaired) electrons. The van der Waals surface area contributed by atoms with Crippen LogP contribution in [0.2, 0.25) is 0 Å². The molecule has 0 amide bonds. The average Bonchev–Trinajstić information content (AvgIpc) is 2.49. The molecule has 2 aromatic rings. The third kappa shape index (κ3) is 4.81. The zero-order valence-electron chi connectivity index (χ0n) is 12.6. The fourth-order valence-corrected chi connectivity index (χ4v) is 2.43. The first-order valence-corrected chi connectivity index (χ1v) is 7.55. The SMILES string of the molecule is NC(=Nc1ccc(Br)c(C(F)(F)F)c1)Nc1ccc(O)c(C(F)(F)F)c1. The fourth-order valence-electron chi connectivity index (χ4n) is 1.96. The van der Waals surface area contributed by atoms with Crippen molar-refractivity contribution in [3.63, 3.8) is 0 Å². The van der Waals surface area contributed by atoms with Gasteiger partial charge in [0.2, 0.25) is 0 Å². The number of rotatable bonds is 2. The Hall–Kier alpha value is -2.43. The lowest BCUT2D eigenvalue weighted by molar-refractivity contribution is -0.139. The lowest BCUT2D eigenvalue weighted by Gasteiger charge is -2.12. The highest BCUT2D eigenvalue weighted by Crippen LogP contribution is 2.38. The molecule has 0 aliphatic carbocycles. The minimum Gasteiger partial charge on any atom is -0.507 e. The van der Waals surface area contributed by atoms with E-state index in [1.54, 1.807) is 0 Å². The van der Waals surface area contributed by atoms with Gasteiger partial charge in [-0.3, -0.25) is 0 Å². The molecule has 0 saturated heterocycles. The number of benzene rings is 2. The van der Waals surface area contributed by atoms with Gasteiger partial charge in [-0.2, -0.15) is 26.3 Å². The van der Waals surface area contributed by atoms with Crippen molar-refractivity contribution in [1.29, 1.82) is 0 Å². The lowest BCUT2D eigenvalue weighted by atomic mass is 10.1. The highest BCUT2D eigenvalue weighted by molar-refractivity contribution is 9.10. The van der Waals surface area contributed by atoms with Gasteiger partial charge in [-0.1, -0.05) is 15.9 Å². The van der Waals surface area contributed by atoms with Crippen LogP contribution in [-0.2, 0) is 12.4 Å². The molecular weight excluding hydrogens is 432 g/mol. The topological polar surface area (TPSA) is 70.6 Å². The summed E-state index contributed by atoms with van der Waals surface area (Å²) in [4.78, 5) is 3.70. The zero-order chi connectivity index (χ0) is 19.7. The Kier molecular flexibility index (Phi) is 5.40. The zero-order valence-corrected chi connectivity index (χ0v) is 14.2. The molecule has 0 aliphatic heterocycles. The van der Waals surface area contributed by atoms with E-state index in [1.165, 1.54) is 6.07 Å². The predicted octanol–water partition coefficient (Wildman–Crippen LogP) is 5.25. The third-order valence-corrected chi connectivity index (χ3v) is 3.77. The molecule has 0 saturated carbocycles. The summed E-state index contributed by atoms with van der Waals surface area (Å²) in [6.45, 7) is 0. The Morgan fingerprint density at radius 2 is 1.58 bits per heavy atom. The monoisotopic (exact) mass is 441 g/mol. The number of aromatic hydroxyl groups is 1. The third-order valence-electron chi connectivity index (χ3n) is 3.08. The predicted molar refractivity (Wildman–Crippen MR) is 87.2 cm³/mol. The Morgan fingerprint density at radius 3 is 2.15 bits per heavy atom. The average molecular weight is 442 g/mol. The van der Waals surface area contributed by atoms with Gasteiger partial charge in [-0.25, -0.2) is 4.99 Å². The summed E-state index contributed by atoms with van der Waals surface area (Å²) in [6.07, 6.45) is -9.41. The van der Waals surface area contributed by atoms with E-state index in [-0.39, 0.29) is 15.8 Å². The first kappa shape index (κ1) is 19.9. The first-order valence-electron chi connectivity index (χ1n) is 6.76. The summed E-state index contributed by atoms with van der Waals surface area (Å²) in [5, 5.41) is 11.6. The molecule has 2 rings (SSSR count). The number of phenolic OH excluding ortho intramolecular Hbond substituents is 1. The Labute approximate surface area is 151 Å². The van der Waals surface area contributed by atoms with E-state index in [1.807, 2.05) is 0 Å². The molecule has 4 N–H and O–H groups in total. The van der Waals surface area contributed by atoms with Crippen molar-refractivity contribution in [3.05, 3.63) is 52.0 Å². The van der Waals surface area contributed by atoms with Gasteiger partial charge in [0.25, 0.3) is 0 Å². The second kappa shape index (κ2) is 7.06. The van der Waals surface area contributed by atoms with Crippen LogP contribution in [0, 0.1) is 0 Å². The second-order valence-electron chi connectivity index (χ2n) is 5.01. The maximum absolute atomic E-state index is 12.9. The quantitative estimate of drug-likeness (QED) is 0.258. The highest BCUT2D eigenvalue weighted by atomic mass is 79.9. The molecule has 0 spiro atoms. The molecule has 4 nitrogen and oxygen atoms in total. The number of aliphatic imine (C=N–C) groups is 1. The molecule has 2 aromatic carbocycles. The molecule has 0 unspecified atom stereocenters. The maximum atomic E-state index is 12.9. The first-order chi connectivity index (χ1) is 11.9. The van der Waals surface area contributed by atoms with Gasteiger partial charge in [0, 0.05) is 10.2 Å². The van der Waals surface area contributed by atoms with E-state index in [2.05, 4.69) is 26.2 Å². The molecule has 0 bridgehead atoms. The molecule has 26 heavy (non-hydrogen) atoms. The van der Waals surface area contributed by atoms with Crippen LogP contribution in [0.25, 0.3) is 0 Å². The Balaban J connectivity index is 2.30. The number of hydrogen-bond donors (Lipinski definition) is 3. The summed E-state index contributed by atoms with van der Waals surface area (Å²) in [5.74, 6) is -1.40. The molecule has 0 fully saturated rings. The number of halogens is 7. The van der Waals surface area contributed by atoms with E-state index in [4.69, 9.17) is 5.73 Å². The number of nitrogens with two attached hydrogens (primary N) is 1. The van der Waals surface area contributed by atoms with Gasteiger partial charge in [-0.15, -0.1) is 0 Å². The summed E-state index contributed by atoms with van der Waals surface area (Å²) in [6, 6.07) is 5.61. The molecule has 0 aliphatic rings. The van der Waals surface area contributed by atoms with E-state index < -0.39 is 35.2 Å². The van der Waals surface area contributed by atoms with Crippen LogP contribution < -0.4 is 11.1 Å². The van der Waals surface area contributed by atoms with Gasteiger partial charge in [0.05, 0.1) is 16.8 Å². The lowest BCUT2D eigenvalue weighted by Crippen LogP contribution is -2.22. The number of anilines is 1. The molecule has 0 aromatic heterocycles. The summed E-state index contributed by atoms with van der Waals surface area (Å²) >= 11 is 2.77. The van der Waals surface area contributed by atoms with Gasteiger partial charge in [0.15, 0.2) is 5.96 Å². The second-order valence-corrected chi connectivity index (χ2v) is 5.87. The van der Waals surface area contributed by atoms with Gasteiger partial charge >= 0.3 is 12.4 Å². The normalized spacial score (nSPS) is 13.0. The van der Waals surface area contributed by atoms with Crippen molar-refractivity contribution in [2.75, 3.05) is 5.32 Å². The fraction of sp³-hybridized carbons (Fsp3) is 0.133. The molecule has 0 atom stereocenters. The molecule has 11 heteroatoms. The summed E-state index contributed by atoms with van der Waals surface area (Å²) < 4.78 is 76.6. The molecular formula is C15H10BrF6N3O. The minimum absolute atomic E-state index is 0.149. The van der Waals surface area contributed by atoms with Crippen LogP contribution in [0.4, 0.5) is 37.7 Å². The van der Waals surface area contributed by atoms with Gasteiger partial charge in [-0.05, 0) is 36.4 Å². The van der Waals surface area contributed by atoms with E-state index in [0.29, 0.717) is 6.07 Å². The van der Waals surface area contributed by atoms with Crippen LogP contribution in [0.1, 0.15) is 11.1 Å². The Bertz CT molecular complexity index is 848. The summed E-state index contributed by atoms with van der Waals surface area (Å²) in [7, 11) is 0. The number of nitrogens with zero attached hydrogens (tertiary/aromatic N) is 1. The maximum Gasteiger partial charge on any atom is 0.420 e.